The lowest BCUT2D eigenvalue weighted by atomic mass is 10.2. The normalized spacial score (nSPS) is 10.9. The zero-order valence-electron chi connectivity index (χ0n) is 10.7. The highest BCUT2D eigenvalue weighted by Crippen LogP contribution is 2.17. The van der Waals surface area contributed by atoms with Gasteiger partial charge in [-0.05, 0) is 34.1 Å². The lowest BCUT2D eigenvalue weighted by Crippen LogP contribution is -2.23. The van der Waals surface area contributed by atoms with E-state index >= 15 is 0 Å². The molecule has 0 aliphatic rings. The van der Waals surface area contributed by atoms with Crippen LogP contribution >= 0.6 is 15.9 Å². The summed E-state index contributed by atoms with van der Waals surface area (Å²) in [5, 5.41) is 9.43. The minimum absolute atomic E-state index is 0.256. The fourth-order valence-corrected chi connectivity index (χ4v) is 2.32. The summed E-state index contributed by atoms with van der Waals surface area (Å²) in [5.74, 6) is 1.03. The number of halogens is 1. The average Bonchev–Trinajstić information content (AvgIpc) is 2.77. The first-order chi connectivity index (χ1) is 9.60. The van der Waals surface area contributed by atoms with Crippen molar-refractivity contribution in [2.75, 3.05) is 7.11 Å². The van der Waals surface area contributed by atoms with Crippen LogP contribution in [0.2, 0.25) is 0 Å². The van der Waals surface area contributed by atoms with Crippen molar-refractivity contribution < 1.29 is 4.74 Å². The summed E-state index contributed by atoms with van der Waals surface area (Å²) >= 11 is 3.17. The molecule has 1 aromatic carbocycles. The van der Waals surface area contributed by atoms with Gasteiger partial charge in [0.05, 0.1) is 18.7 Å². The number of benzene rings is 1. The maximum absolute atomic E-state index is 12.5. The van der Waals surface area contributed by atoms with Crippen molar-refractivity contribution in [3.63, 3.8) is 0 Å². The van der Waals surface area contributed by atoms with Gasteiger partial charge in [-0.25, -0.2) is 4.68 Å². The molecule has 0 atom stereocenters. The van der Waals surface area contributed by atoms with Crippen LogP contribution in [0.1, 0.15) is 0 Å². The van der Waals surface area contributed by atoms with Crippen LogP contribution in [-0.4, -0.2) is 31.7 Å². The number of hydrogen-bond acceptors (Lipinski definition) is 5. The zero-order valence-corrected chi connectivity index (χ0v) is 12.3. The molecule has 2 aromatic heterocycles. The Morgan fingerprint density at radius 2 is 2.15 bits per heavy atom. The summed E-state index contributed by atoms with van der Waals surface area (Å²) < 4.78 is 8.23. The van der Waals surface area contributed by atoms with Crippen LogP contribution in [0.15, 0.2) is 33.9 Å². The third-order valence-corrected chi connectivity index (χ3v) is 3.23. The summed E-state index contributed by atoms with van der Waals surface area (Å²) in [6.45, 7) is 0. The topological polar surface area (TPSA) is 74.8 Å². The van der Waals surface area contributed by atoms with E-state index in [1.165, 1.54) is 9.36 Å². The summed E-state index contributed by atoms with van der Waals surface area (Å²) in [7, 11) is 3.27. The van der Waals surface area contributed by atoms with Gasteiger partial charge in [-0.3, -0.25) is 4.79 Å². The zero-order chi connectivity index (χ0) is 14.3. The Balaban J connectivity index is 2.26. The first kappa shape index (κ1) is 12.8. The standard InChI is InChI=1S/C12H10BrN5O2/c1-17-12(15-11(13)16-17)18-10(19)9-4-3-8(20-2)5-7(9)6-14-18/h3-6H,1-2H3. The van der Waals surface area contributed by atoms with E-state index in [2.05, 4.69) is 31.1 Å². The van der Waals surface area contributed by atoms with Crippen LogP contribution in [0.4, 0.5) is 0 Å². The number of aromatic nitrogens is 5. The molecular weight excluding hydrogens is 326 g/mol. The maximum Gasteiger partial charge on any atom is 0.282 e. The first-order valence-electron chi connectivity index (χ1n) is 5.73. The third-order valence-electron chi connectivity index (χ3n) is 2.90. The van der Waals surface area contributed by atoms with E-state index in [9.17, 15) is 4.79 Å². The Morgan fingerprint density at radius 1 is 1.35 bits per heavy atom. The smallest absolute Gasteiger partial charge is 0.282 e. The van der Waals surface area contributed by atoms with Gasteiger partial charge in [0, 0.05) is 12.4 Å². The Kier molecular flexibility index (Phi) is 3.01. The van der Waals surface area contributed by atoms with Gasteiger partial charge in [0.15, 0.2) is 0 Å². The molecule has 8 heteroatoms. The predicted octanol–water partition coefficient (Wildman–Crippen LogP) is 1.29. The van der Waals surface area contributed by atoms with Crippen LogP contribution in [0.25, 0.3) is 16.7 Å². The monoisotopic (exact) mass is 335 g/mol. The van der Waals surface area contributed by atoms with E-state index in [0.717, 1.165) is 0 Å². The maximum atomic E-state index is 12.5. The van der Waals surface area contributed by atoms with Crippen molar-refractivity contribution in [2.24, 2.45) is 7.05 Å². The van der Waals surface area contributed by atoms with Gasteiger partial charge in [-0.2, -0.15) is 14.8 Å². The van der Waals surface area contributed by atoms with Gasteiger partial charge in [0.1, 0.15) is 5.75 Å². The number of fused-ring (bicyclic) bond motifs is 1. The van der Waals surface area contributed by atoms with Crippen LogP contribution in [0.3, 0.4) is 0 Å². The molecule has 20 heavy (non-hydrogen) atoms. The van der Waals surface area contributed by atoms with Gasteiger partial charge >= 0.3 is 0 Å². The Labute approximate surface area is 121 Å². The lowest BCUT2D eigenvalue weighted by Gasteiger charge is -2.05. The van der Waals surface area contributed by atoms with E-state index in [1.54, 1.807) is 38.6 Å². The average molecular weight is 336 g/mol. The number of rotatable bonds is 2. The van der Waals surface area contributed by atoms with Crippen molar-refractivity contribution in [1.82, 2.24) is 24.5 Å². The number of nitrogens with zero attached hydrogens (tertiary/aromatic N) is 5. The summed E-state index contributed by atoms with van der Waals surface area (Å²) in [5.41, 5.74) is -0.256. The Morgan fingerprint density at radius 3 is 2.80 bits per heavy atom. The van der Waals surface area contributed by atoms with Crippen molar-refractivity contribution in [3.8, 4) is 11.7 Å². The van der Waals surface area contributed by atoms with Crippen LogP contribution in [0.5, 0.6) is 5.75 Å². The third kappa shape index (κ3) is 1.97. The first-order valence-corrected chi connectivity index (χ1v) is 6.52. The Bertz CT molecular complexity index is 855. The van der Waals surface area contributed by atoms with E-state index < -0.39 is 0 Å². The number of methoxy groups -OCH3 is 1. The van der Waals surface area contributed by atoms with Gasteiger partial charge < -0.3 is 4.74 Å². The van der Waals surface area contributed by atoms with E-state index in [4.69, 9.17) is 4.74 Å². The van der Waals surface area contributed by atoms with Crippen molar-refractivity contribution in [2.45, 2.75) is 0 Å². The summed E-state index contributed by atoms with van der Waals surface area (Å²) in [4.78, 5) is 16.6. The number of ether oxygens (including phenoxy) is 1. The van der Waals surface area contributed by atoms with E-state index in [1.807, 2.05) is 0 Å². The molecule has 0 fully saturated rings. The molecule has 0 unspecified atom stereocenters. The highest BCUT2D eigenvalue weighted by atomic mass is 79.9. The molecule has 3 rings (SSSR count). The second-order valence-electron chi connectivity index (χ2n) is 4.12. The van der Waals surface area contributed by atoms with Gasteiger partial charge in [0.2, 0.25) is 4.73 Å². The highest BCUT2D eigenvalue weighted by Gasteiger charge is 2.12. The molecule has 0 bridgehead atoms. The largest absolute Gasteiger partial charge is 0.497 e. The minimum Gasteiger partial charge on any atom is -0.497 e. The van der Waals surface area contributed by atoms with Gasteiger partial charge in [-0.1, -0.05) is 0 Å². The van der Waals surface area contributed by atoms with Crippen LogP contribution in [0, 0.1) is 0 Å². The summed E-state index contributed by atoms with van der Waals surface area (Å²) in [6.07, 6.45) is 1.60. The molecule has 0 radical (unpaired) electrons. The Hall–Kier alpha value is -2.22. The van der Waals surface area contributed by atoms with Gasteiger partial charge in [0.25, 0.3) is 11.5 Å². The summed E-state index contributed by atoms with van der Waals surface area (Å²) in [6, 6.07) is 5.21. The fourth-order valence-electron chi connectivity index (χ4n) is 1.93. The molecule has 0 N–H and O–H groups in total. The molecule has 0 aliphatic heterocycles. The molecule has 0 spiro atoms. The quantitative estimate of drug-likeness (QED) is 0.705. The number of hydrogen-bond donors (Lipinski definition) is 0. The molecule has 102 valence electrons. The predicted molar refractivity (Wildman–Crippen MR) is 76.2 cm³/mol. The second-order valence-corrected chi connectivity index (χ2v) is 4.83. The SMILES string of the molecule is COc1ccc2c(=O)n(-c3nc(Br)nn3C)ncc2c1. The molecule has 0 amide bonds. The van der Waals surface area contributed by atoms with Crippen LogP contribution < -0.4 is 10.3 Å². The second kappa shape index (κ2) is 4.71. The molecule has 2 heterocycles. The van der Waals surface area contributed by atoms with Crippen molar-refractivity contribution >= 4 is 26.7 Å². The van der Waals surface area contributed by atoms with E-state index in [0.29, 0.717) is 27.2 Å². The van der Waals surface area contributed by atoms with E-state index in [-0.39, 0.29) is 5.56 Å². The van der Waals surface area contributed by atoms with Crippen molar-refractivity contribution in [1.29, 1.82) is 0 Å². The molecule has 7 nitrogen and oxygen atoms in total. The molecular formula is C12H10BrN5O2. The lowest BCUT2D eigenvalue weighted by molar-refractivity contribution is 0.415. The molecule has 0 saturated heterocycles. The molecule has 0 aliphatic carbocycles. The highest BCUT2D eigenvalue weighted by molar-refractivity contribution is 9.10. The van der Waals surface area contributed by atoms with Crippen molar-refractivity contribution in [3.05, 3.63) is 39.5 Å². The fraction of sp³-hybridized carbons (Fsp3) is 0.167. The molecule has 0 saturated carbocycles. The van der Waals surface area contributed by atoms with Crippen LogP contribution in [-0.2, 0) is 7.05 Å². The minimum atomic E-state index is -0.256. The number of aryl methyl sites for hydroxylation is 1. The molecule has 3 aromatic rings. The van der Waals surface area contributed by atoms with Gasteiger partial charge in [-0.15, -0.1) is 5.10 Å².